The molecule has 0 saturated heterocycles. The van der Waals surface area contributed by atoms with E-state index in [0.717, 1.165) is 24.2 Å². The number of rotatable bonds is 8. The van der Waals surface area contributed by atoms with Gasteiger partial charge in [-0.15, -0.1) is 0 Å². The summed E-state index contributed by atoms with van der Waals surface area (Å²) in [6, 6.07) is 17.3. The van der Waals surface area contributed by atoms with E-state index >= 15 is 0 Å². The van der Waals surface area contributed by atoms with Crippen LogP contribution >= 0.6 is 0 Å². The zero-order valence-electron chi connectivity index (χ0n) is 16.8. The minimum Gasteiger partial charge on any atom is -0.497 e. The molecule has 1 aliphatic rings. The van der Waals surface area contributed by atoms with Crippen molar-refractivity contribution in [2.75, 3.05) is 13.4 Å². The van der Waals surface area contributed by atoms with Crippen LogP contribution in [0.3, 0.4) is 0 Å². The molecular formula is C22H30N2O3S. The van der Waals surface area contributed by atoms with E-state index < -0.39 is 10.0 Å². The molecule has 2 unspecified atom stereocenters. The topological polar surface area (TPSA) is 67.4 Å². The Morgan fingerprint density at radius 3 is 2.57 bits per heavy atom. The number of ether oxygens (including phenoxy) is 1. The lowest BCUT2D eigenvalue weighted by Gasteiger charge is -2.20. The van der Waals surface area contributed by atoms with Crippen LogP contribution in [0.5, 0.6) is 5.75 Å². The van der Waals surface area contributed by atoms with Crippen molar-refractivity contribution in [1.29, 1.82) is 0 Å². The van der Waals surface area contributed by atoms with Crippen molar-refractivity contribution in [3.63, 3.8) is 0 Å². The second-order valence-corrected chi connectivity index (χ2v) is 9.54. The van der Waals surface area contributed by atoms with Crippen molar-refractivity contribution in [1.82, 2.24) is 10.0 Å². The average Bonchev–Trinajstić information content (AvgIpc) is 3.14. The summed E-state index contributed by atoms with van der Waals surface area (Å²) in [5, 5.41) is 3.76. The Labute approximate surface area is 168 Å². The van der Waals surface area contributed by atoms with Gasteiger partial charge in [0, 0.05) is 18.6 Å². The Balaban J connectivity index is 1.54. The summed E-state index contributed by atoms with van der Waals surface area (Å²) >= 11 is 0. The third-order valence-electron chi connectivity index (χ3n) is 5.50. The standard InChI is InChI=1S/C22H30N2O3S/c1-16(19-5-4-6-22(14-19)27-2)24-21-12-11-20(13-21)18-9-7-17(8-10-18)15-23-28(3,25)26/h4-10,14,16,20-21,23-24H,11-13,15H2,1-3H3/t16-,20?,21?/m1/s1. The Bertz CT molecular complexity index is 881. The average molecular weight is 403 g/mol. The molecule has 2 aromatic carbocycles. The van der Waals surface area contributed by atoms with Gasteiger partial charge in [-0.05, 0) is 60.9 Å². The third kappa shape index (κ3) is 5.80. The lowest BCUT2D eigenvalue weighted by atomic mass is 9.96. The van der Waals surface area contributed by atoms with E-state index in [2.05, 4.69) is 41.2 Å². The van der Waals surface area contributed by atoms with Crippen molar-refractivity contribution in [2.45, 2.75) is 50.7 Å². The van der Waals surface area contributed by atoms with E-state index in [4.69, 9.17) is 4.74 Å². The molecule has 2 aromatic rings. The molecule has 0 bridgehead atoms. The van der Waals surface area contributed by atoms with Gasteiger partial charge in [-0.3, -0.25) is 0 Å². The molecule has 6 heteroatoms. The van der Waals surface area contributed by atoms with E-state index in [0.29, 0.717) is 18.5 Å². The zero-order chi connectivity index (χ0) is 20.1. The molecule has 28 heavy (non-hydrogen) atoms. The monoisotopic (exact) mass is 402 g/mol. The lowest BCUT2D eigenvalue weighted by molar-refractivity contribution is 0.411. The molecule has 2 N–H and O–H groups in total. The molecule has 0 heterocycles. The molecule has 1 fully saturated rings. The molecule has 1 saturated carbocycles. The van der Waals surface area contributed by atoms with Crippen LogP contribution in [0.15, 0.2) is 48.5 Å². The van der Waals surface area contributed by atoms with E-state index in [1.165, 1.54) is 23.8 Å². The molecule has 3 rings (SSSR count). The van der Waals surface area contributed by atoms with Gasteiger partial charge in [0.25, 0.3) is 0 Å². The van der Waals surface area contributed by atoms with E-state index in [9.17, 15) is 8.42 Å². The quantitative estimate of drug-likeness (QED) is 0.706. The van der Waals surface area contributed by atoms with Crippen molar-refractivity contribution in [3.8, 4) is 5.75 Å². The van der Waals surface area contributed by atoms with Crippen LogP contribution in [0.2, 0.25) is 0 Å². The SMILES string of the molecule is COc1cccc([C@@H](C)NC2CCC(c3ccc(CNS(C)(=O)=O)cc3)C2)c1. The number of hydrogen-bond donors (Lipinski definition) is 2. The largest absolute Gasteiger partial charge is 0.497 e. The van der Waals surface area contributed by atoms with Crippen molar-refractivity contribution in [3.05, 3.63) is 65.2 Å². The van der Waals surface area contributed by atoms with Crippen molar-refractivity contribution < 1.29 is 13.2 Å². The number of nitrogens with one attached hydrogen (secondary N) is 2. The van der Waals surface area contributed by atoms with Gasteiger partial charge in [-0.2, -0.15) is 0 Å². The molecule has 0 amide bonds. The molecular weight excluding hydrogens is 372 g/mol. The number of methoxy groups -OCH3 is 1. The Kier molecular flexibility index (Phi) is 6.75. The molecule has 1 aliphatic carbocycles. The highest BCUT2D eigenvalue weighted by Crippen LogP contribution is 2.35. The number of benzene rings is 2. The predicted octanol–water partition coefficient (Wildman–Crippen LogP) is 3.73. The summed E-state index contributed by atoms with van der Waals surface area (Å²) < 4.78 is 30.3. The highest BCUT2D eigenvalue weighted by Gasteiger charge is 2.27. The Morgan fingerprint density at radius 2 is 1.89 bits per heavy atom. The summed E-state index contributed by atoms with van der Waals surface area (Å²) in [6.07, 6.45) is 4.63. The van der Waals surface area contributed by atoms with Gasteiger partial charge in [-0.1, -0.05) is 36.4 Å². The summed E-state index contributed by atoms with van der Waals surface area (Å²) in [5.74, 6) is 1.44. The molecule has 5 nitrogen and oxygen atoms in total. The second-order valence-electron chi connectivity index (χ2n) is 7.71. The summed E-state index contributed by atoms with van der Waals surface area (Å²) in [5.41, 5.74) is 3.56. The minimum atomic E-state index is -3.16. The fourth-order valence-corrected chi connectivity index (χ4v) is 4.35. The fourth-order valence-electron chi connectivity index (χ4n) is 3.92. The molecule has 0 aromatic heterocycles. The van der Waals surface area contributed by atoms with Gasteiger partial charge in [0.15, 0.2) is 0 Å². The maximum atomic E-state index is 11.2. The van der Waals surface area contributed by atoms with Crippen LogP contribution in [0.4, 0.5) is 0 Å². The van der Waals surface area contributed by atoms with E-state index in [-0.39, 0.29) is 6.04 Å². The van der Waals surface area contributed by atoms with Crippen LogP contribution < -0.4 is 14.8 Å². The molecule has 0 spiro atoms. The first-order chi connectivity index (χ1) is 13.3. The van der Waals surface area contributed by atoms with E-state index in [1.807, 2.05) is 24.3 Å². The Morgan fingerprint density at radius 1 is 1.14 bits per heavy atom. The molecule has 0 radical (unpaired) electrons. The van der Waals surface area contributed by atoms with Crippen LogP contribution in [0.1, 0.15) is 54.8 Å². The highest BCUT2D eigenvalue weighted by atomic mass is 32.2. The summed E-state index contributed by atoms with van der Waals surface area (Å²) in [7, 11) is -1.46. The lowest BCUT2D eigenvalue weighted by Crippen LogP contribution is -2.29. The zero-order valence-corrected chi connectivity index (χ0v) is 17.6. The summed E-state index contributed by atoms with van der Waals surface area (Å²) in [4.78, 5) is 0. The van der Waals surface area contributed by atoms with Gasteiger partial charge in [-0.25, -0.2) is 13.1 Å². The first kappa shape index (κ1) is 20.8. The van der Waals surface area contributed by atoms with E-state index in [1.54, 1.807) is 7.11 Å². The fraction of sp³-hybridized carbons (Fsp3) is 0.455. The molecule has 152 valence electrons. The van der Waals surface area contributed by atoms with Gasteiger partial charge >= 0.3 is 0 Å². The van der Waals surface area contributed by atoms with Crippen LogP contribution in [-0.2, 0) is 16.6 Å². The van der Waals surface area contributed by atoms with Gasteiger partial charge in [0.05, 0.1) is 13.4 Å². The van der Waals surface area contributed by atoms with Crippen LogP contribution in [0, 0.1) is 0 Å². The predicted molar refractivity (Wildman–Crippen MR) is 113 cm³/mol. The molecule has 0 aliphatic heterocycles. The summed E-state index contributed by atoms with van der Waals surface area (Å²) in [6.45, 7) is 2.54. The maximum Gasteiger partial charge on any atom is 0.209 e. The second kappa shape index (κ2) is 9.07. The third-order valence-corrected chi connectivity index (χ3v) is 6.17. The maximum absolute atomic E-state index is 11.2. The number of sulfonamides is 1. The van der Waals surface area contributed by atoms with Crippen molar-refractivity contribution in [2.24, 2.45) is 0 Å². The van der Waals surface area contributed by atoms with Gasteiger partial charge in [0.1, 0.15) is 5.75 Å². The first-order valence-electron chi connectivity index (χ1n) is 9.77. The smallest absolute Gasteiger partial charge is 0.209 e. The van der Waals surface area contributed by atoms with Crippen LogP contribution in [0.25, 0.3) is 0 Å². The highest BCUT2D eigenvalue weighted by molar-refractivity contribution is 7.88. The van der Waals surface area contributed by atoms with Gasteiger partial charge in [0.2, 0.25) is 10.0 Å². The Hall–Kier alpha value is -1.89. The van der Waals surface area contributed by atoms with Gasteiger partial charge < -0.3 is 10.1 Å². The molecule has 3 atom stereocenters. The van der Waals surface area contributed by atoms with Crippen molar-refractivity contribution >= 4 is 10.0 Å². The minimum absolute atomic E-state index is 0.281. The first-order valence-corrected chi connectivity index (χ1v) is 11.7. The normalized spacial score (nSPS) is 20.8. The van der Waals surface area contributed by atoms with Crippen LogP contribution in [-0.4, -0.2) is 27.8 Å². The number of hydrogen-bond acceptors (Lipinski definition) is 4.